The smallest absolute Gasteiger partial charge is 0.315 e. The molecule has 0 aliphatic carbocycles. The van der Waals surface area contributed by atoms with E-state index in [2.05, 4.69) is 22.6 Å². The number of furan rings is 1. The van der Waals surface area contributed by atoms with Crippen molar-refractivity contribution >= 4 is 39.5 Å². The maximum absolute atomic E-state index is 12.1. The van der Waals surface area contributed by atoms with Gasteiger partial charge in [-0.15, -0.1) is 0 Å². The van der Waals surface area contributed by atoms with Crippen LogP contribution < -0.4 is 4.74 Å². The maximum Gasteiger partial charge on any atom is 0.315 e. The van der Waals surface area contributed by atoms with Crippen LogP contribution in [0.4, 0.5) is 0 Å². The van der Waals surface area contributed by atoms with Crippen molar-refractivity contribution in [3.63, 3.8) is 0 Å². The van der Waals surface area contributed by atoms with Crippen molar-refractivity contribution in [1.82, 2.24) is 0 Å². The summed E-state index contributed by atoms with van der Waals surface area (Å²) in [4.78, 5) is 12.1. The van der Waals surface area contributed by atoms with Crippen molar-refractivity contribution in [2.45, 2.75) is 20.3 Å². The van der Waals surface area contributed by atoms with Gasteiger partial charge < -0.3 is 9.15 Å². The predicted molar refractivity (Wildman–Crippen MR) is 94.2 cm³/mol. The van der Waals surface area contributed by atoms with Crippen LogP contribution in [0.25, 0.3) is 11.0 Å². The number of aryl methyl sites for hydroxylation is 2. The molecule has 0 bridgehead atoms. The van der Waals surface area contributed by atoms with Gasteiger partial charge in [-0.1, -0.05) is 12.1 Å². The molecule has 0 amide bonds. The van der Waals surface area contributed by atoms with Crippen molar-refractivity contribution < 1.29 is 13.9 Å². The summed E-state index contributed by atoms with van der Waals surface area (Å²) in [5.41, 5.74) is 3.98. The minimum Gasteiger partial charge on any atom is -0.464 e. The molecular weight excluding hydrogens is 391 g/mol. The van der Waals surface area contributed by atoms with Crippen LogP contribution in [0.1, 0.15) is 16.7 Å². The van der Waals surface area contributed by atoms with Gasteiger partial charge >= 0.3 is 5.97 Å². The van der Waals surface area contributed by atoms with Gasteiger partial charge in [0.1, 0.15) is 11.3 Å². The van der Waals surface area contributed by atoms with E-state index in [1.165, 1.54) is 5.56 Å². The van der Waals surface area contributed by atoms with Gasteiger partial charge in [-0.2, -0.15) is 0 Å². The van der Waals surface area contributed by atoms with E-state index < -0.39 is 0 Å². The Balaban J connectivity index is 1.79. The molecule has 22 heavy (non-hydrogen) atoms. The van der Waals surface area contributed by atoms with E-state index in [1.807, 2.05) is 38.1 Å². The van der Waals surface area contributed by atoms with Gasteiger partial charge in [-0.25, -0.2) is 0 Å². The van der Waals surface area contributed by atoms with Gasteiger partial charge in [0.25, 0.3) is 0 Å². The van der Waals surface area contributed by atoms with Crippen molar-refractivity contribution in [2.75, 3.05) is 0 Å². The zero-order valence-corrected chi connectivity index (χ0v) is 14.5. The zero-order valence-electron chi connectivity index (χ0n) is 12.4. The Morgan fingerprint density at radius 3 is 2.59 bits per heavy atom. The van der Waals surface area contributed by atoms with Crippen LogP contribution in [-0.4, -0.2) is 5.97 Å². The molecule has 0 N–H and O–H groups in total. The number of hydrogen-bond acceptors (Lipinski definition) is 3. The van der Waals surface area contributed by atoms with Gasteiger partial charge in [0, 0.05) is 14.5 Å². The molecule has 0 spiro atoms. The number of benzene rings is 2. The summed E-state index contributed by atoms with van der Waals surface area (Å²) in [5, 5.41) is 0.975. The molecule has 1 aromatic heterocycles. The van der Waals surface area contributed by atoms with E-state index in [0.29, 0.717) is 5.75 Å². The Kier molecular flexibility index (Phi) is 4.20. The molecule has 0 aliphatic heterocycles. The molecule has 3 nitrogen and oxygen atoms in total. The van der Waals surface area contributed by atoms with Gasteiger partial charge in [-0.3, -0.25) is 4.79 Å². The lowest BCUT2D eigenvalue weighted by Gasteiger charge is -2.04. The van der Waals surface area contributed by atoms with Crippen molar-refractivity contribution in [2.24, 2.45) is 0 Å². The highest BCUT2D eigenvalue weighted by molar-refractivity contribution is 14.1. The first kappa shape index (κ1) is 15.1. The Hall–Kier alpha value is -1.82. The highest BCUT2D eigenvalue weighted by Crippen LogP contribution is 2.27. The molecule has 0 saturated carbocycles. The molecule has 0 unspecified atom stereocenters. The van der Waals surface area contributed by atoms with Crippen LogP contribution in [-0.2, 0) is 11.2 Å². The molecule has 3 aromatic rings. The van der Waals surface area contributed by atoms with Crippen molar-refractivity contribution in [3.8, 4) is 5.75 Å². The average Bonchev–Trinajstić information content (AvgIpc) is 2.89. The molecule has 4 heteroatoms. The average molecular weight is 406 g/mol. The first-order chi connectivity index (χ1) is 10.5. The fourth-order valence-corrected chi connectivity index (χ4v) is 2.71. The molecule has 0 radical (unpaired) electrons. The Morgan fingerprint density at radius 1 is 1.14 bits per heavy atom. The summed E-state index contributed by atoms with van der Waals surface area (Å²) in [6.45, 7) is 4.07. The molecule has 2 aromatic carbocycles. The highest BCUT2D eigenvalue weighted by atomic mass is 127. The normalized spacial score (nSPS) is 10.9. The number of hydrogen-bond donors (Lipinski definition) is 0. The molecule has 0 saturated heterocycles. The molecule has 3 rings (SSSR count). The van der Waals surface area contributed by atoms with Crippen molar-refractivity contribution in [1.29, 1.82) is 0 Å². The number of carbonyl (C=O) groups is 1. The summed E-state index contributed by atoms with van der Waals surface area (Å²) >= 11 is 2.21. The van der Waals surface area contributed by atoms with Crippen molar-refractivity contribution in [3.05, 3.63) is 62.9 Å². The highest BCUT2D eigenvalue weighted by Gasteiger charge is 2.14. The molecule has 0 atom stereocenters. The number of fused-ring (bicyclic) bond motifs is 1. The van der Waals surface area contributed by atoms with Crippen LogP contribution in [0.15, 0.2) is 47.1 Å². The number of ether oxygens (including phenoxy) is 1. The standard InChI is InChI=1S/C18H15IO3/c1-11-3-8-16-13(10-21-18(16)12(11)2)9-17(20)22-15-6-4-14(19)5-7-15/h3-8,10H,9H2,1-2H3. The van der Waals surface area contributed by atoms with E-state index in [9.17, 15) is 4.79 Å². The number of carbonyl (C=O) groups excluding carboxylic acids is 1. The van der Waals surface area contributed by atoms with E-state index in [4.69, 9.17) is 9.15 Å². The lowest BCUT2D eigenvalue weighted by Crippen LogP contribution is -2.10. The second kappa shape index (κ2) is 6.12. The van der Waals surface area contributed by atoms with E-state index in [1.54, 1.807) is 18.4 Å². The van der Waals surface area contributed by atoms with Gasteiger partial charge in [0.2, 0.25) is 0 Å². The fourth-order valence-electron chi connectivity index (χ4n) is 2.35. The monoisotopic (exact) mass is 406 g/mol. The number of halogens is 1. The SMILES string of the molecule is Cc1ccc2c(CC(=O)Oc3ccc(I)cc3)coc2c1C. The minimum atomic E-state index is -0.290. The first-order valence-electron chi connectivity index (χ1n) is 6.97. The maximum atomic E-state index is 12.1. The van der Waals surface area contributed by atoms with Crippen LogP contribution in [0, 0.1) is 17.4 Å². The third-order valence-electron chi connectivity index (χ3n) is 3.72. The van der Waals surface area contributed by atoms with Crippen LogP contribution in [0.3, 0.4) is 0 Å². The van der Waals surface area contributed by atoms with E-state index >= 15 is 0 Å². The molecule has 1 heterocycles. The van der Waals surface area contributed by atoms with Gasteiger partial charge in [0.15, 0.2) is 0 Å². The summed E-state index contributed by atoms with van der Waals surface area (Å²) in [7, 11) is 0. The Bertz CT molecular complexity index is 831. The molecule has 0 aliphatic rings. The lowest BCUT2D eigenvalue weighted by molar-refractivity contribution is -0.133. The largest absolute Gasteiger partial charge is 0.464 e. The van der Waals surface area contributed by atoms with Crippen LogP contribution in [0.2, 0.25) is 0 Å². The zero-order chi connectivity index (χ0) is 15.7. The van der Waals surface area contributed by atoms with Crippen LogP contribution >= 0.6 is 22.6 Å². The third kappa shape index (κ3) is 3.02. The molecule has 112 valence electrons. The quantitative estimate of drug-likeness (QED) is 0.356. The number of rotatable bonds is 3. The fraction of sp³-hybridized carbons (Fsp3) is 0.167. The van der Waals surface area contributed by atoms with Gasteiger partial charge in [-0.05, 0) is 71.8 Å². The predicted octanol–water partition coefficient (Wildman–Crippen LogP) is 4.80. The first-order valence-corrected chi connectivity index (χ1v) is 8.05. The summed E-state index contributed by atoms with van der Waals surface area (Å²) < 4.78 is 12.1. The second-order valence-corrected chi connectivity index (χ2v) is 6.50. The van der Waals surface area contributed by atoms with Gasteiger partial charge in [0.05, 0.1) is 12.7 Å². The molecule has 0 fully saturated rings. The van der Waals surface area contributed by atoms with E-state index in [-0.39, 0.29) is 12.4 Å². The van der Waals surface area contributed by atoms with E-state index in [0.717, 1.165) is 25.7 Å². The topological polar surface area (TPSA) is 39.4 Å². The third-order valence-corrected chi connectivity index (χ3v) is 4.44. The molecular formula is C18H15IO3. The number of esters is 1. The summed E-state index contributed by atoms with van der Waals surface area (Å²) in [6, 6.07) is 11.4. The van der Waals surface area contributed by atoms with Crippen LogP contribution in [0.5, 0.6) is 5.75 Å². The summed E-state index contributed by atoms with van der Waals surface area (Å²) in [6.07, 6.45) is 1.84. The Morgan fingerprint density at radius 2 is 1.86 bits per heavy atom. The minimum absolute atomic E-state index is 0.196. The lowest BCUT2D eigenvalue weighted by atomic mass is 10.0. The summed E-state index contributed by atoms with van der Waals surface area (Å²) in [5.74, 6) is 0.271. The Labute approximate surface area is 142 Å². The second-order valence-electron chi connectivity index (χ2n) is 5.25.